The van der Waals surface area contributed by atoms with Crippen LogP contribution in [0, 0.1) is 0 Å². The number of para-hydroxylation sites is 6. The minimum Gasteiger partial charge on any atom is -0.449 e. The first-order chi connectivity index (χ1) is 26.8. The zero-order chi connectivity index (χ0) is 35.3. The number of rotatable bonds is 3. The van der Waals surface area contributed by atoms with Gasteiger partial charge in [0, 0.05) is 27.4 Å². The number of fused-ring (bicyclic) bond motifs is 14. The quantitative estimate of drug-likeness (QED) is 0.185. The van der Waals surface area contributed by atoms with E-state index in [-0.39, 0.29) is 0 Å². The lowest BCUT2D eigenvalue weighted by Crippen LogP contribution is -2.05. The van der Waals surface area contributed by atoms with Gasteiger partial charge in [0.25, 0.3) is 0 Å². The molecule has 3 aromatic heterocycles. The van der Waals surface area contributed by atoms with Gasteiger partial charge in [-0.05, 0) is 59.3 Å². The second kappa shape index (κ2) is 11.0. The fourth-order valence-electron chi connectivity index (χ4n) is 8.47. The van der Waals surface area contributed by atoms with E-state index in [9.17, 15) is 0 Å². The number of hydrogen-bond acceptors (Lipinski definition) is 4. The van der Waals surface area contributed by atoms with Gasteiger partial charge in [-0.25, -0.2) is 9.97 Å². The van der Waals surface area contributed by atoms with Crippen molar-refractivity contribution in [3.05, 3.63) is 170 Å². The molecule has 11 aromatic rings. The molecule has 4 heterocycles. The summed E-state index contributed by atoms with van der Waals surface area (Å²) in [6.07, 6.45) is 0. The van der Waals surface area contributed by atoms with E-state index >= 15 is 0 Å². The highest BCUT2D eigenvalue weighted by Crippen LogP contribution is 2.58. The molecule has 1 aliphatic heterocycles. The third-order valence-electron chi connectivity index (χ3n) is 10.7. The lowest BCUT2D eigenvalue weighted by molar-refractivity contribution is 0.366. The molecule has 0 radical (unpaired) electrons. The zero-order valence-corrected chi connectivity index (χ0v) is 28.8. The molecule has 0 amide bonds. The molecule has 0 fully saturated rings. The van der Waals surface area contributed by atoms with Crippen LogP contribution in [0.1, 0.15) is 0 Å². The monoisotopic (exact) mass is 692 g/mol. The van der Waals surface area contributed by atoms with Crippen molar-refractivity contribution in [1.29, 1.82) is 0 Å². The first-order valence-electron chi connectivity index (χ1n) is 18.1. The average molecular weight is 693 g/mol. The topological polar surface area (TPSA) is 54.1 Å². The highest BCUT2D eigenvalue weighted by atomic mass is 16.6. The SMILES string of the molecule is c1ccc(-c2nc3ccccc3nc2-n2c3ccc4ccccc4c3c3c4c(c5c(c6ccccc6n5-c5ccccc5)c32)Oc2ccccc2O4)cc1. The molecular formula is C48H28N4O2. The third kappa shape index (κ3) is 3.99. The summed E-state index contributed by atoms with van der Waals surface area (Å²) >= 11 is 0. The molecule has 8 aromatic carbocycles. The highest BCUT2D eigenvalue weighted by Gasteiger charge is 2.34. The van der Waals surface area contributed by atoms with Crippen LogP contribution in [-0.2, 0) is 0 Å². The largest absolute Gasteiger partial charge is 0.449 e. The Kier molecular flexibility index (Phi) is 5.96. The summed E-state index contributed by atoms with van der Waals surface area (Å²) in [5, 5.41) is 6.41. The Balaban J connectivity index is 1.39. The fraction of sp³-hybridized carbons (Fsp3) is 0. The minimum absolute atomic E-state index is 0.671. The Bertz CT molecular complexity index is 3330. The summed E-state index contributed by atoms with van der Waals surface area (Å²) in [6.45, 7) is 0. The smallest absolute Gasteiger partial charge is 0.195 e. The summed E-state index contributed by atoms with van der Waals surface area (Å²) in [6, 6.07) is 58.5. The summed E-state index contributed by atoms with van der Waals surface area (Å²) < 4.78 is 18.8. The summed E-state index contributed by atoms with van der Waals surface area (Å²) in [4.78, 5) is 10.8. The number of benzene rings is 8. The first kappa shape index (κ1) is 29.2. The van der Waals surface area contributed by atoms with Crippen molar-refractivity contribution in [3.8, 4) is 45.8 Å². The van der Waals surface area contributed by atoms with Crippen LogP contribution in [0.3, 0.4) is 0 Å². The van der Waals surface area contributed by atoms with E-state index in [1.165, 1.54) is 0 Å². The van der Waals surface area contributed by atoms with Crippen molar-refractivity contribution < 1.29 is 9.47 Å². The molecule has 6 nitrogen and oxygen atoms in total. The molecule has 12 rings (SSSR count). The Morgan fingerprint density at radius 2 is 1.04 bits per heavy atom. The predicted octanol–water partition coefficient (Wildman–Crippen LogP) is 12.5. The molecular weight excluding hydrogens is 665 g/mol. The molecule has 0 bridgehead atoms. The summed E-state index contributed by atoms with van der Waals surface area (Å²) in [7, 11) is 0. The van der Waals surface area contributed by atoms with Crippen molar-refractivity contribution >= 4 is 65.4 Å². The molecule has 0 N–H and O–H groups in total. The van der Waals surface area contributed by atoms with E-state index < -0.39 is 0 Å². The normalized spacial score (nSPS) is 12.4. The Hall–Kier alpha value is -7.44. The molecule has 54 heavy (non-hydrogen) atoms. The summed E-state index contributed by atoms with van der Waals surface area (Å²) in [5.41, 5.74) is 8.41. The van der Waals surface area contributed by atoms with Crippen LogP contribution in [0.15, 0.2) is 170 Å². The molecule has 6 heteroatoms. The van der Waals surface area contributed by atoms with Crippen molar-refractivity contribution in [2.45, 2.75) is 0 Å². The third-order valence-corrected chi connectivity index (χ3v) is 10.7. The molecule has 0 unspecified atom stereocenters. The van der Waals surface area contributed by atoms with Crippen molar-refractivity contribution in [1.82, 2.24) is 19.1 Å². The Morgan fingerprint density at radius 3 is 1.83 bits per heavy atom. The van der Waals surface area contributed by atoms with Crippen LogP contribution in [0.5, 0.6) is 23.0 Å². The van der Waals surface area contributed by atoms with E-state index in [2.05, 4.69) is 118 Å². The highest BCUT2D eigenvalue weighted by molar-refractivity contribution is 6.33. The van der Waals surface area contributed by atoms with Crippen molar-refractivity contribution in [2.24, 2.45) is 0 Å². The number of hydrogen-bond donors (Lipinski definition) is 0. The van der Waals surface area contributed by atoms with Crippen molar-refractivity contribution in [3.63, 3.8) is 0 Å². The van der Waals surface area contributed by atoms with Crippen LogP contribution in [0.2, 0.25) is 0 Å². The van der Waals surface area contributed by atoms with Gasteiger partial charge < -0.3 is 14.0 Å². The number of aromatic nitrogens is 4. The molecule has 0 spiro atoms. The maximum absolute atomic E-state index is 7.09. The maximum Gasteiger partial charge on any atom is 0.195 e. The van der Waals surface area contributed by atoms with Crippen LogP contribution in [-0.4, -0.2) is 19.1 Å². The van der Waals surface area contributed by atoms with Gasteiger partial charge in [0.2, 0.25) is 0 Å². The van der Waals surface area contributed by atoms with Gasteiger partial charge >= 0.3 is 0 Å². The summed E-state index contributed by atoms with van der Waals surface area (Å²) in [5.74, 6) is 3.44. The second-order valence-electron chi connectivity index (χ2n) is 13.7. The van der Waals surface area contributed by atoms with Gasteiger partial charge in [0.15, 0.2) is 28.8 Å². The molecule has 0 saturated heterocycles. The number of ether oxygens (including phenoxy) is 2. The number of nitrogens with zero attached hydrogens (tertiary/aromatic N) is 4. The molecule has 0 saturated carbocycles. The van der Waals surface area contributed by atoms with E-state index in [0.717, 1.165) is 88.2 Å². The average Bonchev–Trinajstić information content (AvgIpc) is 3.77. The molecule has 1 aliphatic rings. The lowest BCUT2D eigenvalue weighted by atomic mass is 10.0. The van der Waals surface area contributed by atoms with Crippen LogP contribution in [0.4, 0.5) is 0 Å². The molecule has 252 valence electrons. The van der Waals surface area contributed by atoms with Gasteiger partial charge in [-0.2, -0.15) is 0 Å². The second-order valence-corrected chi connectivity index (χ2v) is 13.7. The van der Waals surface area contributed by atoms with Gasteiger partial charge in [-0.1, -0.05) is 121 Å². The van der Waals surface area contributed by atoms with Crippen LogP contribution in [0.25, 0.3) is 88.2 Å². The van der Waals surface area contributed by atoms with E-state index in [1.807, 2.05) is 60.7 Å². The Morgan fingerprint density at radius 1 is 0.407 bits per heavy atom. The van der Waals surface area contributed by atoms with E-state index in [0.29, 0.717) is 23.0 Å². The minimum atomic E-state index is 0.671. The predicted molar refractivity (Wildman–Crippen MR) is 218 cm³/mol. The van der Waals surface area contributed by atoms with Crippen molar-refractivity contribution in [2.75, 3.05) is 0 Å². The standard InChI is InChI=1S/C48H28N4O2/c1-3-16-30(17-4-1)43-48(50-35-23-11-10-22-34(35)49-43)52-37-28-27-29-15-7-8-20-32(29)40(37)42-44(52)41-33-21-9-12-24-36(33)51(31-18-5-2-6-19-31)45(41)47-46(42)53-38-25-13-14-26-39(38)54-47/h1-28H. The van der Waals surface area contributed by atoms with Gasteiger partial charge in [-0.3, -0.25) is 4.57 Å². The molecule has 0 aliphatic carbocycles. The Labute approximate surface area is 308 Å². The van der Waals surface area contributed by atoms with Gasteiger partial charge in [0.05, 0.1) is 33.0 Å². The maximum atomic E-state index is 7.09. The first-order valence-corrected chi connectivity index (χ1v) is 18.1. The fourth-order valence-corrected chi connectivity index (χ4v) is 8.47. The van der Waals surface area contributed by atoms with E-state index in [4.69, 9.17) is 19.4 Å². The van der Waals surface area contributed by atoms with Crippen LogP contribution < -0.4 is 9.47 Å². The zero-order valence-electron chi connectivity index (χ0n) is 28.8. The van der Waals surface area contributed by atoms with Gasteiger partial charge in [0.1, 0.15) is 11.2 Å². The van der Waals surface area contributed by atoms with Gasteiger partial charge in [-0.15, -0.1) is 0 Å². The van der Waals surface area contributed by atoms with E-state index in [1.54, 1.807) is 0 Å². The lowest BCUT2D eigenvalue weighted by Gasteiger charge is -2.24. The van der Waals surface area contributed by atoms with Crippen LogP contribution >= 0.6 is 0 Å². The molecule has 0 atom stereocenters.